The average Bonchev–Trinajstić information content (AvgIpc) is 2.96. The van der Waals surface area contributed by atoms with E-state index in [9.17, 15) is 0 Å². The lowest BCUT2D eigenvalue weighted by Gasteiger charge is -2.23. The van der Waals surface area contributed by atoms with Crippen molar-refractivity contribution in [1.29, 1.82) is 0 Å². The maximum absolute atomic E-state index is 4.91. The third-order valence-corrected chi connectivity index (χ3v) is 4.01. The van der Waals surface area contributed by atoms with Gasteiger partial charge in [0.05, 0.1) is 11.0 Å². The molecule has 1 saturated heterocycles. The number of benzene rings is 1. The van der Waals surface area contributed by atoms with E-state index in [2.05, 4.69) is 48.0 Å². The summed E-state index contributed by atoms with van der Waals surface area (Å²) in [5.74, 6) is 1.26. The van der Waals surface area contributed by atoms with E-state index in [1.807, 2.05) is 0 Å². The van der Waals surface area contributed by atoms with Gasteiger partial charge in [0, 0.05) is 18.5 Å². The second kappa shape index (κ2) is 4.39. The lowest BCUT2D eigenvalue weighted by molar-refractivity contribution is 0.458. The second-order valence-electron chi connectivity index (χ2n) is 5.56. The molecular weight excluding hydrogens is 222 g/mol. The van der Waals surface area contributed by atoms with Gasteiger partial charge in [-0.15, -0.1) is 0 Å². The SMILES string of the molecule is CCCn1c(C2(C)CCNC2)nc2ccccc21. The second-order valence-corrected chi connectivity index (χ2v) is 5.56. The predicted octanol–water partition coefficient (Wildman–Crippen LogP) is 2.70. The normalized spacial score (nSPS) is 23.9. The predicted molar refractivity (Wildman–Crippen MR) is 74.9 cm³/mol. The molecule has 1 unspecified atom stereocenters. The number of nitrogens with zero attached hydrogens (tertiary/aromatic N) is 2. The fourth-order valence-electron chi connectivity index (χ4n) is 2.99. The number of hydrogen-bond acceptors (Lipinski definition) is 2. The summed E-state index contributed by atoms with van der Waals surface area (Å²) < 4.78 is 2.42. The van der Waals surface area contributed by atoms with Gasteiger partial charge in [-0.1, -0.05) is 26.0 Å². The number of aromatic nitrogens is 2. The Morgan fingerprint density at radius 2 is 2.22 bits per heavy atom. The summed E-state index contributed by atoms with van der Waals surface area (Å²) in [6.45, 7) is 7.77. The van der Waals surface area contributed by atoms with E-state index in [4.69, 9.17) is 4.98 Å². The Bertz CT molecular complexity index is 550. The van der Waals surface area contributed by atoms with Crippen molar-refractivity contribution < 1.29 is 0 Å². The zero-order valence-electron chi connectivity index (χ0n) is 11.2. The Morgan fingerprint density at radius 3 is 2.94 bits per heavy atom. The van der Waals surface area contributed by atoms with Crippen molar-refractivity contribution >= 4 is 11.0 Å². The Morgan fingerprint density at radius 1 is 1.39 bits per heavy atom. The highest BCUT2D eigenvalue weighted by molar-refractivity contribution is 5.76. The van der Waals surface area contributed by atoms with Crippen LogP contribution in [0.25, 0.3) is 11.0 Å². The minimum Gasteiger partial charge on any atom is -0.327 e. The minimum absolute atomic E-state index is 0.189. The highest BCUT2D eigenvalue weighted by Gasteiger charge is 2.35. The molecule has 1 aliphatic rings. The van der Waals surface area contributed by atoms with Gasteiger partial charge in [0.25, 0.3) is 0 Å². The van der Waals surface area contributed by atoms with E-state index >= 15 is 0 Å². The maximum atomic E-state index is 4.91. The molecule has 1 aliphatic heterocycles. The number of aryl methyl sites for hydroxylation is 1. The first kappa shape index (κ1) is 11.7. The summed E-state index contributed by atoms with van der Waals surface area (Å²) in [6, 6.07) is 8.49. The highest BCUT2D eigenvalue weighted by Crippen LogP contribution is 2.32. The summed E-state index contributed by atoms with van der Waals surface area (Å²) >= 11 is 0. The first-order valence-corrected chi connectivity index (χ1v) is 6.91. The summed E-state index contributed by atoms with van der Waals surface area (Å²) in [7, 11) is 0. The van der Waals surface area contributed by atoms with Crippen molar-refractivity contribution in [3.63, 3.8) is 0 Å². The third-order valence-electron chi connectivity index (χ3n) is 4.01. The molecule has 3 rings (SSSR count). The highest BCUT2D eigenvalue weighted by atomic mass is 15.1. The molecule has 0 spiro atoms. The molecule has 0 saturated carbocycles. The van der Waals surface area contributed by atoms with Crippen LogP contribution in [0.4, 0.5) is 0 Å². The molecule has 1 atom stereocenters. The zero-order chi connectivity index (χ0) is 12.6. The molecule has 2 aromatic rings. The van der Waals surface area contributed by atoms with Gasteiger partial charge in [-0.3, -0.25) is 0 Å². The molecule has 1 aromatic carbocycles. The number of rotatable bonds is 3. The molecule has 2 heterocycles. The maximum Gasteiger partial charge on any atom is 0.117 e. The largest absolute Gasteiger partial charge is 0.327 e. The van der Waals surface area contributed by atoms with Crippen LogP contribution in [-0.4, -0.2) is 22.6 Å². The van der Waals surface area contributed by atoms with E-state index in [1.54, 1.807) is 0 Å². The van der Waals surface area contributed by atoms with E-state index in [-0.39, 0.29) is 5.41 Å². The van der Waals surface area contributed by atoms with Crippen LogP contribution in [0.2, 0.25) is 0 Å². The monoisotopic (exact) mass is 243 g/mol. The van der Waals surface area contributed by atoms with Crippen molar-refractivity contribution in [3.05, 3.63) is 30.1 Å². The van der Waals surface area contributed by atoms with Gasteiger partial charge in [-0.05, 0) is 31.5 Å². The number of imidazole rings is 1. The first-order valence-electron chi connectivity index (χ1n) is 6.91. The van der Waals surface area contributed by atoms with Crippen molar-refractivity contribution in [2.24, 2.45) is 0 Å². The summed E-state index contributed by atoms with van der Waals surface area (Å²) in [5, 5.41) is 3.47. The molecule has 0 radical (unpaired) electrons. The first-order chi connectivity index (χ1) is 8.74. The molecule has 1 N–H and O–H groups in total. The standard InChI is InChI=1S/C15H21N3/c1-3-10-18-13-7-5-4-6-12(13)17-14(18)15(2)8-9-16-11-15/h4-7,16H,3,8-11H2,1-2H3. The van der Waals surface area contributed by atoms with Crippen LogP contribution in [0.3, 0.4) is 0 Å². The van der Waals surface area contributed by atoms with Crippen molar-refractivity contribution in [1.82, 2.24) is 14.9 Å². The smallest absolute Gasteiger partial charge is 0.117 e. The van der Waals surface area contributed by atoms with E-state index in [0.717, 1.165) is 31.6 Å². The Balaban J connectivity index is 2.18. The molecule has 18 heavy (non-hydrogen) atoms. The van der Waals surface area contributed by atoms with E-state index in [0.29, 0.717) is 0 Å². The van der Waals surface area contributed by atoms with Gasteiger partial charge < -0.3 is 9.88 Å². The summed E-state index contributed by atoms with van der Waals surface area (Å²) in [4.78, 5) is 4.91. The molecule has 0 bridgehead atoms. The topological polar surface area (TPSA) is 29.9 Å². The van der Waals surface area contributed by atoms with Crippen LogP contribution in [0.5, 0.6) is 0 Å². The van der Waals surface area contributed by atoms with E-state index in [1.165, 1.54) is 17.8 Å². The van der Waals surface area contributed by atoms with Gasteiger partial charge in [0.1, 0.15) is 5.82 Å². The molecule has 0 amide bonds. The fourth-order valence-corrected chi connectivity index (χ4v) is 2.99. The van der Waals surface area contributed by atoms with Crippen LogP contribution in [0.1, 0.15) is 32.5 Å². The van der Waals surface area contributed by atoms with Crippen LogP contribution in [0.15, 0.2) is 24.3 Å². The molecule has 1 aromatic heterocycles. The van der Waals surface area contributed by atoms with Crippen LogP contribution < -0.4 is 5.32 Å². The minimum atomic E-state index is 0.189. The van der Waals surface area contributed by atoms with Crippen LogP contribution in [-0.2, 0) is 12.0 Å². The van der Waals surface area contributed by atoms with E-state index < -0.39 is 0 Å². The van der Waals surface area contributed by atoms with Gasteiger partial charge in [0.2, 0.25) is 0 Å². The lowest BCUT2D eigenvalue weighted by Crippen LogP contribution is -2.29. The Kier molecular flexibility index (Phi) is 2.86. The molecular formula is C15H21N3. The molecule has 1 fully saturated rings. The Labute approximate surface area is 108 Å². The summed E-state index contributed by atoms with van der Waals surface area (Å²) in [6.07, 6.45) is 2.33. The average molecular weight is 243 g/mol. The van der Waals surface area contributed by atoms with Crippen molar-refractivity contribution in [2.45, 2.75) is 38.6 Å². The summed E-state index contributed by atoms with van der Waals surface area (Å²) in [5.41, 5.74) is 2.60. The number of fused-ring (bicyclic) bond motifs is 1. The molecule has 3 nitrogen and oxygen atoms in total. The molecule has 3 heteroatoms. The number of para-hydroxylation sites is 2. The zero-order valence-corrected chi connectivity index (χ0v) is 11.2. The molecule has 0 aliphatic carbocycles. The molecule has 96 valence electrons. The van der Waals surface area contributed by atoms with Crippen LogP contribution >= 0.6 is 0 Å². The van der Waals surface area contributed by atoms with Gasteiger partial charge >= 0.3 is 0 Å². The van der Waals surface area contributed by atoms with Gasteiger partial charge in [-0.2, -0.15) is 0 Å². The Hall–Kier alpha value is -1.35. The fraction of sp³-hybridized carbons (Fsp3) is 0.533. The van der Waals surface area contributed by atoms with Crippen LogP contribution in [0, 0.1) is 0 Å². The third kappa shape index (κ3) is 1.74. The number of hydrogen-bond donors (Lipinski definition) is 1. The lowest BCUT2D eigenvalue weighted by atomic mass is 9.89. The van der Waals surface area contributed by atoms with Gasteiger partial charge in [0.15, 0.2) is 0 Å². The van der Waals surface area contributed by atoms with Gasteiger partial charge in [-0.25, -0.2) is 4.98 Å². The quantitative estimate of drug-likeness (QED) is 0.898. The van der Waals surface area contributed by atoms with Crippen molar-refractivity contribution in [2.75, 3.05) is 13.1 Å². The van der Waals surface area contributed by atoms with Crippen molar-refractivity contribution in [3.8, 4) is 0 Å². The number of nitrogens with one attached hydrogen (secondary N) is 1.